The Bertz CT molecular complexity index is 1200. The molecule has 1 aliphatic rings. The average Bonchev–Trinajstić information content (AvgIpc) is 3.45. The minimum absolute atomic E-state index is 0.242. The summed E-state index contributed by atoms with van der Waals surface area (Å²) in [5.74, 6) is 0.119. The van der Waals surface area contributed by atoms with Crippen LogP contribution in [0.3, 0.4) is 0 Å². The van der Waals surface area contributed by atoms with Gasteiger partial charge in [-0.25, -0.2) is 9.97 Å². The number of aromatic nitrogens is 2. The first-order valence-electron chi connectivity index (χ1n) is 11.2. The number of nitrogens with zero attached hydrogens (tertiary/aromatic N) is 5. The van der Waals surface area contributed by atoms with Crippen LogP contribution in [0.2, 0.25) is 0 Å². The summed E-state index contributed by atoms with van der Waals surface area (Å²) in [7, 11) is 1.11. The summed E-state index contributed by atoms with van der Waals surface area (Å²) in [6.45, 7) is 2.87. The molecule has 12 heteroatoms. The van der Waals surface area contributed by atoms with Gasteiger partial charge in [0.25, 0.3) is 5.91 Å². The molecule has 3 N–H and O–H groups in total. The fraction of sp³-hybridized carbons (Fsp3) is 0.391. The van der Waals surface area contributed by atoms with E-state index < -0.39 is 16.5 Å². The Labute approximate surface area is 210 Å². The Morgan fingerprint density at radius 2 is 1.89 bits per heavy atom. The maximum Gasteiger partial charge on any atom is 0.278 e. The average molecular weight is 519 g/mol. The quantitative estimate of drug-likeness (QED) is 0.366. The fourth-order valence-electron chi connectivity index (χ4n) is 3.47. The van der Waals surface area contributed by atoms with Crippen molar-refractivity contribution in [1.29, 1.82) is 0 Å². The third-order valence-corrected chi connectivity index (χ3v) is 7.40. The lowest BCUT2D eigenvalue weighted by atomic mass is 10.1. The van der Waals surface area contributed by atoms with Crippen molar-refractivity contribution in [2.45, 2.75) is 17.7 Å². The highest BCUT2D eigenvalue weighted by Crippen LogP contribution is 2.43. The van der Waals surface area contributed by atoms with Gasteiger partial charge in [-0.2, -0.15) is 15.7 Å². The van der Waals surface area contributed by atoms with Crippen molar-refractivity contribution in [2.75, 3.05) is 51.9 Å². The third kappa shape index (κ3) is 6.67. The summed E-state index contributed by atoms with van der Waals surface area (Å²) in [5, 5.41) is 9.76. The number of benzene rings is 1. The van der Waals surface area contributed by atoms with E-state index in [1.54, 1.807) is 30.3 Å². The van der Waals surface area contributed by atoms with Crippen molar-refractivity contribution in [3.8, 4) is 5.88 Å². The Hall–Kier alpha value is -2.77. The first-order valence-corrected chi connectivity index (χ1v) is 14.0. The first kappa shape index (κ1) is 25.3. The molecule has 0 saturated carbocycles. The number of nitrogens with one attached hydrogen (secondary N) is 1. The lowest BCUT2D eigenvalue weighted by Crippen LogP contribution is -2.27. The second-order valence-corrected chi connectivity index (χ2v) is 11.7. The Morgan fingerprint density at radius 1 is 1.17 bits per heavy atom. The van der Waals surface area contributed by atoms with Crippen molar-refractivity contribution < 1.29 is 18.6 Å². The molecule has 1 aliphatic heterocycles. The first-order chi connectivity index (χ1) is 16.7. The number of anilines is 1. The number of carbonyl (C=O) groups is 1. The van der Waals surface area contributed by atoms with E-state index in [9.17, 15) is 13.9 Å². The van der Waals surface area contributed by atoms with E-state index in [0.29, 0.717) is 38.4 Å². The second kappa shape index (κ2) is 10.9. The number of likely N-dealkylation sites (N-methyl/N-ethyl adjacent to an activating group) is 1. The monoisotopic (exact) mass is 518 g/mol. The van der Waals surface area contributed by atoms with Crippen LogP contribution in [0.5, 0.6) is 5.88 Å². The molecular formula is C23H30N6O4S2. The number of hydrogen-bond donors (Lipinski definition) is 3. The Morgan fingerprint density at radius 3 is 2.54 bits per heavy atom. The number of carbonyl (C=O) groups excluding carboxylic acids is 1. The van der Waals surface area contributed by atoms with E-state index >= 15 is 0 Å². The van der Waals surface area contributed by atoms with Gasteiger partial charge in [0.2, 0.25) is 5.88 Å². The number of ether oxygens (including phenoxy) is 1. The Kier molecular flexibility index (Phi) is 7.87. The molecule has 0 bridgehead atoms. The maximum absolute atomic E-state index is 13.3. The number of hydrazone groups is 1. The second-order valence-electron chi connectivity index (χ2n) is 8.57. The number of fused-ring (bicyclic) bond motifs is 1. The predicted octanol–water partition coefficient (Wildman–Crippen LogP) is 3.81. The molecule has 188 valence electrons. The van der Waals surface area contributed by atoms with Crippen LogP contribution >= 0.6 is 21.9 Å². The zero-order valence-corrected chi connectivity index (χ0v) is 21.6. The van der Waals surface area contributed by atoms with E-state index in [1.807, 2.05) is 30.1 Å². The molecule has 0 atom stereocenters. The molecule has 1 fully saturated rings. The maximum atomic E-state index is 13.3. The molecule has 0 unspecified atom stereocenters. The zero-order chi connectivity index (χ0) is 25.0. The SMILES string of the molecule is CN(C)CCOc1ccc2nc(NC(=O)/C(=N/N3CCCC3)c3ccc(S(C)(O)O)cc3)sc2n1. The smallest absolute Gasteiger partial charge is 0.278 e. The standard InChI is InChI=1S/C23H30N6O4S2/c1-28(2)14-15-33-19-11-10-18-22(25-19)34-23(24-18)26-21(30)20(27-29-12-4-5-13-29)16-6-8-17(9-7-16)35(3,31)32/h6-11,31-32H,4-5,12-15H2,1-3H3,(H,24,26,30)/b27-20+. The minimum Gasteiger partial charge on any atom is -0.476 e. The highest BCUT2D eigenvalue weighted by Gasteiger charge is 2.21. The number of amides is 1. The van der Waals surface area contributed by atoms with Gasteiger partial charge in [-0.15, -0.1) is 0 Å². The molecule has 3 heterocycles. The van der Waals surface area contributed by atoms with Crippen LogP contribution in [-0.2, 0) is 4.79 Å². The number of pyridine rings is 1. The summed E-state index contributed by atoms with van der Waals surface area (Å²) in [6, 6.07) is 10.2. The van der Waals surface area contributed by atoms with Gasteiger partial charge in [0.1, 0.15) is 17.0 Å². The lowest BCUT2D eigenvalue weighted by Gasteiger charge is -2.26. The van der Waals surface area contributed by atoms with Crippen molar-refractivity contribution in [1.82, 2.24) is 19.9 Å². The van der Waals surface area contributed by atoms with E-state index in [-0.39, 0.29) is 5.71 Å². The van der Waals surface area contributed by atoms with Crippen LogP contribution < -0.4 is 10.1 Å². The lowest BCUT2D eigenvalue weighted by molar-refractivity contribution is -0.110. The molecule has 0 radical (unpaired) electrons. The van der Waals surface area contributed by atoms with Crippen LogP contribution in [0.25, 0.3) is 10.3 Å². The zero-order valence-electron chi connectivity index (χ0n) is 20.0. The van der Waals surface area contributed by atoms with Gasteiger partial charge in [0, 0.05) is 37.5 Å². The third-order valence-electron chi connectivity index (χ3n) is 5.35. The van der Waals surface area contributed by atoms with Gasteiger partial charge in [-0.1, -0.05) is 23.5 Å². The normalized spacial score (nSPS) is 15.1. The molecule has 1 amide bonds. The number of thiazole rings is 1. The topological polar surface area (TPSA) is 123 Å². The minimum atomic E-state index is -2.84. The molecule has 0 spiro atoms. The number of hydrogen-bond acceptors (Lipinski definition) is 10. The van der Waals surface area contributed by atoms with Crippen LogP contribution in [0, 0.1) is 0 Å². The molecule has 3 aromatic rings. The van der Waals surface area contributed by atoms with Crippen molar-refractivity contribution >= 4 is 49.0 Å². The summed E-state index contributed by atoms with van der Waals surface area (Å²) < 4.78 is 25.5. The van der Waals surface area contributed by atoms with E-state index in [4.69, 9.17) is 4.74 Å². The molecule has 1 saturated heterocycles. The van der Waals surface area contributed by atoms with Gasteiger partial charge in [-0.05, 0) is 45.1 Å². The van der Waals surface area contributed by atoms with Gasteiger partial charge in [0.05, 0.1) is 4.90 Å². The molecule has 0 aliphatic carbocycles. The summed E-state index contributed by atoms with van der Waals surface area (Å²) >= 11 is 1.26. The van der Waals surface area contributed by atoms with Crippen LogP contribution in [0.4, 0.5) is 5.13 Å². The van der Waals surface area contributed by atoms with Crippen LogP contribution in [0.1, 0.15) is 18.4 Å². The van der Waals surface area contributed by atoms with Gasteiger partial charge in [-0.3, -0.25) is 24.2 Å². The predicted molar refractivity (Wildman–Crippen MR) is 141 cm³/mol. The van der Waals surface area contributed by atoms with E-state index in [0.717, 1.165) is 32.5 Å². The van der Waals surface area contributed by atoms with E-state index in [1.165, 1.54) is 17.6 Å². The molecule has 4 rings (SSSR count). The molecule has 10 nitrogen and oxygen atoms in total. The van der Waals surface area contributed by atoms with Crippen molar-refractivity contribution in [3.63, 3.8) is 0 Å². The van der Waals surface area contributed by atoms with Crippen LogP contribution in [0.15, 0.2) is 46.4 Å². The van der Waals surface area contributed by atoms with Crippen LogP contribution in [-0.4, -0.2) is 87.2 Å². The fourth-order valence-corrected chi connectivity index (χ4v) is 4.95. The molecular weight excluding hydrogens is 488 g/mol. The summed E-state index contributed by atoms with van der Waals surface area (Å²) in [5.41, 5.74) is 1.49. The highest BCUT2D eigenvalue weighted by molar-refractivity contribution is 8.23. The number of rotatable bonds is 9. The van der Waals surface area contributed by atoms with Crippen molar-refractivity contribution in [3.05, 3.63) is 42.0 Å². The highest BCUT2D eigenvalue weighted by atomic mass is 32.3. The Balaban J connectivity index is 1.54. The molecule has 1 aromatic carbocycles. The molecule has 2 aromatic heterocycles. The summed E-state index contributed by atoms with van der Waals surface area (Å²) in [6.07, 6.45) is 3.42. The van der Waals surface area contributed by atoms with Gasteiger partial charge in [0.15, 0.2) is 10.8 Å². The van der Waals surface area contributed by atoms with Gasteiger partial charge < -0.3 is 9.64 Å². The summed E-state index contributed by atoms with van der Waals surface area (Å²) in [4.78, 5) is 25.4. The largest absolute Gasteiger partial charge is 0.476 e. The van der Waals surface area contributed by atoms with E-state index in [2.05, 4.69) is 20.4 Å². The van der Waals surface area contributed by atoms with Gasteiger partial charge >= 0.3 is 0 Å². The molecule has 35 heavy (non-hydrogen) atoms. The van der Waals surface area contributed by atoms with Crippen molar-refractivity contribution in [2.24, 2.45) is 5.10 Å².